The largest absolute Gasteiger partial charge is 0.381 e. The standard InChI is InChI=1S/C13H19ClN2OSi.C4H8O/c1-18(2,3)7-6-17-10-16-13-8-12(14)5-4-11(13)9-15-16;1-2-4-5-3-1/h4-5,8-9H,6-7,10H2,1-3H3;1-4H2. The summed E-state index contributed by atoms with van der Waals surface area (Å²) in [5, 5.41) is 6.13. The number of rotatable bonds is 5. The van der Waals surface area contributed by atoms with Crippen LogP contribution in [0.4, 0.5) is 0 Å². The first-order valence-corrected chi connectivity index (χ1v) is 12.3. The Morgan fingerprint density at radius 3 is 2.61 bits per heavy atom. The molecule has 1 aliphatic heterocycles. The van der Waals surface area contributed by atoms with Gasteiger partial charge < -0.3 is 9.47 Å². The molecule has 1 saturated heterocycles. The van der Waals surface area contributed by atoms with E-state index in [1.54, 1.807) is 0 Å². The molecule has 0 aliphatic carbocycles. The van der Waals surface area contributed by atoms with Crippen LogP contribution in [0.25, 0.3) is 10.9 Å². The quantitative estimate of drug-likeness (QED) is 0.571. The van der Waals surface area contributed by atoms with E-state index >= 15 is 0 Å². The fourth-order valence-corrected chi connectivity index (χ4v) is 3.11. The second-order valence-corrected chi connectivity index (χ2v) is 13.1. The van der Waals surface area contributed by atoms with E-state index < -0.39 is 8.07 Å². The highest BCUT2D eigenvalue weighted by molar-refractivity contribution is 6.76. The van der Waals surface area contributed by atoms with Crippen molar-refractivity contribution >= 4 is 30.6 Å². The summed E-state index contributed by atoms with van der Waals surface area (Å²) in [6, 6.07) is 6.95. The van der Waals surface area contributed by atoms with Gasteiger partial charge in [0.25, 0.3) is 0 Å². The van der Waals surface area contributed by atoms with Crippen molar-refractivity contribution in [3.8, 4) is 0 Å². The number of hydrogen-bond donors (Lipinski definition) is 0. The van der Waals surface area contributed by atoms with Gasteiger partial charge in [-0.15, -0.1) is 0 Å². The predicted octanol–water partition coefficient (Wildman–Crippen LogP) is 4.80. The first-order chi connectivity index (χ1) is 11.0. The summed E-state index contributed by atoms with van der Waals surface area (Å²) in [6.45, 7) is 10.3. The highest BCUT2D eigenvalue weighted by Gasteiger charge is 2.12. The highest BCUT2D eigenvalue weighted by atomic mass is 35.5. The van der Waals surface area contributed by atoms with Crippen molar-refractivity contribution in [1.29, 1.82) is 0 Å². The molecule has 4 nitrogen and oxygen atoms in total. The molecule has 1 aromatic heterocycles. The van der Waals surface area contributed by atoms with Gasteiger partial charge in [0, 0.05) is 38.3 Å². The minimum Gasteiger partial charge on any atom is -0.381 e. The second kappa shape index (κ2) is 8.83. The molecule has 23 heavy (non-hydrogen) atoms. The van der Waals surface area contributed by atoms with Crippen molar-refractivity contribution in [2.24, 2.45) is 0 Å². The van der Waals surface area contributed by atoms with Crippen molar-refractivity contribution in [2.75, 3.05) is 19.8 Å². The van der Waals surface area contributed by atoms with Crippen LogP contribution in [0.5, 0.6) is 0 Å². The normalized spacial score (nSPS) is 14.8. The first-order valence-electron chi connectivity index (χ1n) is 8.22. The molecule has 0 spiro atoms. The van der Waals surface area contributed by atoms with E-state index in [1.165, 1.54) is 18.9 Å². The van der Waals surface area contributed by atoms with E-state index in [1.807, 2.05) is 29.1 Å². The van der Waals surface area contributed by atoms with Gasteiger partial charge in [0.2, 0.25) is 0 Å². The van der Waals surface area contributed by atoms with E-state index in [0.29, 0.717) is 6.73 Å². The fraction of sp³-hybridized carbons (Fsp3) is 0.588. The Morgan fingerprint density at radius 1 is 1.26 bits per heavy atom. The van der Waals surface area contributed by atoms with Crippen molar-refractivity contribution < 1.29 is 9.47 Å². The predicted molar refractivity (Wildman–Crippen MR) is 98.9 cm³/mol. The number of halogens is 1. The smallest absolute Gasteiger partial charge is 0.139 e. The molecule has 2 aromatic rings. The van der Waals surface area contributed by atoms with Crippen LogP contribution in [0, 0.1) is 0 Å². The molecule has 0 radical (unpaired) electrons. The molecular weight excluding hydrogens is 328 g/mol. The molecule has 0 bridgehead atoms. The second-order valence-electron chi connectivity index (χ2n) is 7.01. The lowest BCUT2D eigenvalue weighted by atomic mass is 10.3. The third kappa shape index (κ3) is 6.63. The SMILES string of the molecule is C1CCOC1.C[Si](C)(C)CCOCn1ncc2ccc(Cl)cc21. The number of ether oxygens (including phenoxy) is 2. The Hall–Kier alpha value is -0.883. The van der Waals surface area contributed by atoms with Crippen LogP contribution >= 0.6 is 11.6 Å². The van der Waals surface area contributed by atoms with Gasteiger partial charge in [-0.25, -0.2) is 4.68 Å². The zero-order valence-electron chi connectivity index (χ0n) is 14.3. The molecule has 128 valence electrons. The number of fused-ring (bicyclic) bond motifs is 1. The van der Waals surface area contributed by atoms with E-state index in [4.69, 9.17) is 21.1 Å². The van der Waals surface area contributed by atoms with E-state index in [0.717, 1.165) is 35.7 Å². The van der Waals surface area contributed by atoms with Crippen LogP contribution in [0.1, 0.15) is 12.8 Å². The summed E-state index contributed by atoms with van der Waals surface area (Å²) in [7, 11) is -1.02. The zero-order chi connectivity index (χ0) is 16.7. The van der Waals surface area contributed by atoms with Crippen LogP contribution in [0.15, 0.2) is 24.4 Å². The van der Waals surface area contributed by atoms with Gasteiger partial charge in [-0.05, 0) is 37.1 Å². The maximum Gasteiger partial charge on any atom is 0.139 e. The Kier molecular flexibility index (Phi) is 7.08. The summed E-state index contributed by atoms with van der Waals surface area (Å²) >= 11 is 5.99. The maximum absolute atomic E-state index is 5.99. The lowest BCUT2D eigenvalue weighted by Gasteiger charge is -2.15. The van der Waals surface area contributed by atoms with Crippen molar-refractivity contribution in [3.63, 3.8) is 0 Å². The number of nitrogens with zero attached hydrogens (tertiary/aromatic N) is 2. The summed E-state index contributed by atoms with van der Waals surface area (Å²) in [5.74, 6) is 0. The molecule has 1 fully saturated rings. The number of hydrogen-bond acceptors (Lipinski definition) is 3. The van der Waals surface area contributed by atoms with E-state index in [9.17, 15) is 0 Å². The summed E-state index contributed by atoms with van der Waals surface area (Å²) in [6.07, 6.45) is 4.40. The van der Waals surface area contributed by atoms with Gasteiger partial charge in [-0.3, -0.25) is 0 Å². The van der Waals surface area contributed by atoms with Crippen LogP contribution in [0.3, 0.4) is 0 Å². The summed E-state index contributed by atoms with van der Waals surface area (Å²) < 4.78 is 12.5. The van der Waals surface area contributed by atoms with Crippen molar-refractivity contribution in [2.45, 2.75) is 45.3 Å². The molecule has 1 aromatic carbocycles. The minimum absolute atomic E-state index is 0.494. The third-order valence-corrected chi connectivity index (χ3v) is 5.58. The average molecular weight is 355 g/mol. The van der Waals surface area contributed by atoms with Gasteiger partial charge in [-0.1, -0.05) is 31.2 Å². The van der Waals surface area contributed by atoms with Crippen LogP contribution < -0.4 is 0 Å². The first kappa shape index (κ1) is 18.5. The minimum atomic E-state index is -1.02. The molecule has 2 heterocycles. The Balaban J connectivity index is 0.000000326. The van der Waals surface area contributed by atoms with Crippen LogP contribution in [-0.2, 0) is 16.2 Å². The Bertz CT molecular complexity index is 599. The topological polar surface area (TPSA) is 36.3 Å². The molecule has 0 atom stereocenters. The Morgan fingerprint density at radius 2 is 2.00 bits per heavy atom. The van der Waals surface area contributed by atoms with Crippen molar-refractivity contribution in [1.82, 2.24) is 9.78 Å². The zero-order valence-corrected chi connectivity index (χ0v) is 16.1. The average Bonchev–Trinajstić information content (AvgIpc) is 3.16. The monoisotopic (exact) mass is 354 g/mol. The summed E-state index contributed by atoms with van der Waals surface area (Å²) in [5.41, 5.74) is 1.02. The number of benzene rings is 1. The Labute approximate surface area is 144 Å². The molecule has 6 heteroatoms. The molecule has 0 unspecified atom stereocenters. The molecule has 0 N–H and O–H groups in total. The van der Waals surface area contributed by atoms with Gasteiger partial charge in [0.05, 0.1) is 11.7 Å². The maximum atomic E-state index is 5.99. The van der Waals surface area contributed by atoms with Gasteiger partial charge in [0.15, 0.2) is 0 Å². The van der Waals surface area contributed by atoms with Gasteiger partial charge in [-0.2, -0.15) is 5.10 Å². The van der Waals surface area contributed by atoms with Crippen molar-refractivity contribution in [3.05, 3.63) is 29.4 Å². The van der Waals surface area contributed by atoms with Crippen LogP contribution in [0.2, 0.25) is 30.7 Å². The third-order valence-electron chi connectivity index (χ3n) is 3.64. The molecule has 3 rings (SSSR count). The summed E-state index contributed by atoms with van der Waals surface area (Å²) in [4.78, 5) is 0. The van der Waals surface area contributed by atoms with Crippen LogP contribution in [-0.4, -0.2) is 37.7 Å². The molecule has 0 saturated carbocycles. The van der Waals surface area contributed by atoms with E-state index in [-0.39, 0.29) is 0 Å². The van der Waals surface area contributed by atoms with Gasteiger partial charge >= 0.3 is 0 Å². The van der Waals surface area contributed by atoms with E-state index in [2.05, 4.69) is 24.7 Å². The molecular formula is C17H27ClN2O2Si. The molecule has 1 aliphatic rings. The fourth-order valence-electron chi connectivity index (χ4n) is 2.19. The van der Waals surface area contributed by atoms with Gasteiger partial charge in [0.1, 0.15) is 6.73 Å². The lowest BCUT2D eigenvalue weighted by Crippen LogP contribution is -2.22. The lowest BCUT2D eigenvalue weighted by molar-refractivity contribution is 0.0817. The molecule has 0 amide bonds. The highest BCUT2D eigenvalue weighted by Crippen LogP contribution is 2.19. The number of aromatic nitrogens is 2.